The van der Waals surface area contributed by atoms with Crippen molar-refractivity contribution in [3.63, 3.8) is 0 Å². The molecular formula is C15H19N5O3. The molecule has 8 nitrogen and oxygen atoms in total. The van der Waals surface area contributed by atoms with Crippen molar-refractivity contribution in [1.29, 1.82) is 0 Å². The highest BCUT2D eigenvalue weighted by Crippen LogP contribution is 2.32. The third-order valence-corrected chi connectivity index (χ3v) is 4.24. The third kappa shape index (κ3) is 2.71. The number of pyridine rings is 1. The fourth-order valence-electron chi connectivity index (χ4n) is 3.06. The van der Waals surface area contributed by atoms with Gasteiger partial charge >= 0.3 is 5.82 Å². The van der Waals surface area contributed by atoms with E-state index < -0.39 is 4.92 Å². The van der Waals surface area contributed by atoms with Gasteiger partial charge in [0.2, 0.25) is 17.4 Å². The highest BCUT2D eigenvalue weighted by Gasteiger charge is 2.32. The minimum absolute atomic E-state index is 0.0158. The van der Waals surface area contributed by atoms with Crippen molar-refractivity contribution in [3.05, 3.63) is 34.5 Å². The number of hydrogen-bond acceptors (Lipinski definition) is 5. The Morgan fingerprint density at radius 3 is 2.65 bits per heavy atom. The number of fused-ring (bicyclic) bond motifs is 1. The van der Waals surface area contributed by atoms with Gasteiger partial charge in [0, 0.05) is 39.2 Å². The molecule has 8 heteroatoms. The lowest BCUT2D eigenvalue weighted by molar-refractivity contribution is -0.389. The molecule has 0 N–H and O–H groups in total. The van der Waals surface area contributed by atoms with Crippen molar-refractivity contribution in [2.24, 2.45) is 5.92 Å². The maximum Gasteiger partial charge on any atom is 0.372 e. The lowest BCUT2D eigenvalue weighted by Gasteiger charge is -2.32. The average Bonchev–Trinajstić information content (AvgIpc) is 2.93. The summed E-state index contributed by atoms with van der Waals surface area (Å²) >= 11 is 0. The molecule has 3 rings (SSSR count). The first-order valence-electron chi connectivity index (χ1n) is 7.56. The van der Waals surface area contributed by atoms with Crippen molar-refractivity contribution in [2.75, 3.05) is 32.1 Å². The van der Waals surface area contributed by atoms with Crippen molar-refractivity contribution < 1.29 is 9.72 Å². The van der Waals surface area contributed by atoms with Gasteiger partial charge in [-0.15, -0.1) is 0 Å². The topological polar surface area (TPSA) is 84.0 Å². The Morgan fingerprint density at radius 2 is 2.04 bits per heavy atom. The summed E-state index contributed by atoms with van der Waals surface area (Å²) in [5.74, 6) is 0.474. The lowest BCUT2D eigenvalue weighted by atomic mass is 9.95. The quantitative estimate of drug-likeness (QED) is 0.633. The van der Waals surface area contributed by atoms with Gasteiger partial charge in [-0.3, -0.25) is 4.79 Å². The van der Waals surface area contributed by atoms with E-state index in [0.29, 0.717) is 37.4 Å². The van der Waals surface area contributed by atoms with E-state index >= 15 is 0 Å². The fraction of sp³-hybridized carbons (Fsp3) is 0.467. The number of imidazole rings is 1. The van der Waals surface area contributed by atoms with Gasteiger partial charge in [0.25, 0.3) is 0 Å². The zero-order valence-electron chi connectivity index (χ0n) is 13.2. The summed E-state index contributed by atoms with van der Waals surface area (Å²) in [4.78, 5) is 31.0. The zero-order valence-corrected chi connectivity index (χ0v) is 13.2. The summed E-state index contributed by atoms with van der Waals surface area (Å²) in [5, 5.41) is 11.5. The molecule has 0 aromatic carbocycles. The molecule has 0 spiro atoms. The fourth-order valence-corrected chi connectivity index (χ4v) is 3.06. The second kappa shape index (κ2) is 5.86. The van der Waals surface area contributed by atoms with Crippen LogP contribution in [-0.4, -0.2) is 52.3 Å². The molecule has 2 aromatic rings. The van der Waals surface area contributed by atoms with E-state index in [1.165, 1.54) is 4.40 Å². The van der Waals surface area contributed by atoms with Gasteiger partial charge in [0.15, 0.2) is 0 Å². The summed E-state index contributed by atoms with van der Waals surface area (Å²) < 4.78 is 1.49. The Labute approximate surface area is 133 Å². The average molecular weight is 317 g/mol. The van der Waals surface area contributed by atoms with Gasteiger partial charge in [-0.05, 0) is 23.8 Å². The van der Waals surface area contributed by atoms with E-state index in [1.54, 1.807) is 43.4 Å². The summed E-state index contributed by atoms with van der Waals surface area (Å²) in [5.41, 5.74) is 0.556. The van der Waals surface area contributed by atoms with Crippen molar-refractivity contribution in [3.8, 4) is 0 Å². The van der Waals surface area contributed by atoms with Crippen molar-refractivity contribution in [1.82, 2.24) is 14.3 Å². The first-order valence-corrected chi connectivity index (χ1v) is 7.56. The molecule has 3 heterocycles. The number of carbonyl (C=O) groups is 1. The van der Waals surface area contributed by atoms with Crippen LogP contribution in [0.1, 0.15) is 12.8 Å². The van der Waals surface area contributed by atoms with Crippen LogP contribution in [0.2, 0.25) is 0 Å². The second-order valence-electron chi connectivity index (χ2n) is 5.94. The van der Waals surface area contributed by atoms with Crippen LogP contribution in [0, 0.1) is 16.0 Å². The highest BCUT2D eigenvalue weighted by molar-refractivity contribution is 5.78. The first kappa shape index (κ1) is 15.3. The molecule has 2 aromatic heterocycles. The Kier molecular flexibility index (Phi) is 3.89. The molecule has 0 bridgehead atoms. The van der Waals surface area contributed by atoms with Crippen molar-refractivity contribution in [2.45, 2.75) is 12.8 Å². The molecule has 0 saturated carbocycles. The van der Waals surface area contributed by atoms with E-state index in [2.05, 4.69) is 4.98 Å². The van der Waals surface area contributed by atoms with E-state index in [-0.39, 0.29) is 17.6 Å². The number of piperidine rings is 1. The van der Waals surface area contributed by atoms with E-state index in [9.17, 15) is 14.9 Å². The standard InChI is InChI=1S/C15H19N5O3/c1-17(2)15(21)11-6-9-18(10-7-11)13-14(20(22)23)19-8-4-3-5-12(19)16-13/h3-5,8,11H,6-7,9-10H2,1-2H3. The number of anilines is 1. The molecule has 1 fully saturated rings. The highest BCUT2D eigenvalue weighted by atomic mass is 16.6. The molecule has 1 saturated heterocycles. The maximum atomic E-state index is 12.0. The maximum absolute atomic E-state index is 12.0. The molecule has 0 unspecified atom stereocenters. The first-order chi connectivity index (χ1) is 11.0. The van der Waals surface area contributed by atoms with Gasteiger partial charge in [-0.1, -0.05) is 6.07 Å². The molecule has 23 heavy (non-hydrogen) atoms. The predicted octanol–water partition coefficient (Wildman–Crippen LogP) is 1.55. The predicted molar refractivity (Wildman–Crippen MR) is 85.5 cm³/mol. The number of nitro groups is 1. The van der Waals surface area contributed by atoms with Crippen LogP contribution in [-0.2, 0) is 4.79 Å². The smallest absolute Gasteiger partial charge is 0.358 e. The molecule has 1 aliphatic rings. The third-order valence-electron chi connectivity index (χ3n) is 4.24. The monoisotopic (exact) mass is 317 g/mol. The van der Waals surface area contributed by atoms with Gasteiger partial charge in [0.05, 0.1) is 6.20 Å². The van der Waals surface area contributed by atoms with Gasteiger partial charge in [0.1, 0.15) is 0 Å². The van der Waals surface area contributed by atoms with E-state index in [1.807, 2.05) is 4.90 Å². The van der Waals surface area contributed by atoms with Crippen LogP contribution in [0.4, 0.5) is 11.6 Å². The van der Waals surface area contributed by atoms with Crippen LogP contribution in [0.15, 0.2) is 24.4 Å². The van der Waals surface area contributed by atoms with E-state index in [4.69, 9.17) is 0 Å². The molecule has 1 aliphatic heterocycles. The molecule has 0 atom stereocenters. The van der Waals surface area contributed by atoms with E-state index in [0.717, 1.165) is 0 Å². The van der Waals surface area contributed by atoms with Crippen LogP contribution in [0.25, 0.3) is 5.65 Å². The number of hydrogen-bond donors (Lipinski definition) is 0. The number of rotatable bonds is 3. The van der Waals surface area contributed by atoms with Crippen LogP contribution in [0.5, 0.6) is 0 Å². The number of aromatic nitrogens is 2. The Morgan fingerprint density at radius 1 is 1.35 bits per heavy atom. The van der Waals surface area contributed by atoms with Gasteiger partial charge in [-0.2, -0.15) is 9.38 Å². The number of nitrogens with zero attached hydrogens (tertiary/aromatic N) is 5. The van der Waals surface area contributed by atoms with Crippen LogP contribution < -0.4 is 4.90 Å². The molecule has 0 aliphatic carbocycles. The molecule has 1 amide bonds. The Bertz CT molecular complexity index is 747. The van der Waals surface area contributed by atoms with Crippen molar-refractivity contribution >= 4 is 23.2 Å². The van der Waals surface area contributed by atoms with Crippen LogP contribution >= 0.6 is 0 Å². The molecule has 0 radical (unpaired) electrons. The summed E-state index contributed by atoms with van der Waals surface area (Å²) in [6.45, 7) is 1.18. The Balaban J connectivity index is 1.86. The van der Waals surface area contributed by atoms with Crippen LogP contribution in [0.3, 0.4) is 0 Å². The molecular weight excluding hydrogens is 298 g/mol. The SMILES string of the molecule is CN(C)C(=O)C1CCN(c2nc3ccccn3c2[N+](=O)[O-])CC1. The number of amides is 1. The normalized spacial score (nSPS) is 15.8. The summed E-state index contributed by atoms with van der Waals surface area (Å²) in [6.07, 6.45) is 3.01. The number of carbonyl (C=O) groups excluding carboxylic acids is 1. The Hall–Kier alpha value is -2.64. The van der Waals surface area contributed by atoms with Gasteiger partial charge in [-0.25, -0.2) is 0 Å². The zero-order chi connectivity index (χ0) is 16.6. The second-order valence-corrected chi connectivity index (χ2v) is 5.94. The van der Waals surface area contributed by atoms with Gasteiger partial charge < -0.3 is 19.9 Å². The largest absolute Gasteiger partial charge is 0.372 e. The minimum Gasteiger partial charge on any atom is -0.358 e. The summed E-state index contributed by atoms with van der Waals surface area (Å²) in [7, 11) is 3.50. The summed E-state index contributed by atoms with van der Waals surface area (Å²) in [6, 6.07) is 5.30. The minimum atomic E-state index is -0.396. The molecule has 122 valence electrons. The lowest BCUT2D eigenvalue weighted by Crippen LogP contribution is -2.40.